The Kier molecular flexibility index (Phi) is 8.24. The molecule has 1 aromatic heterocycles. The standard InChI is InChI=1S/C24H31N3O3/c1-2-3-4-8-15-25-22(28)19-11-10-17-27(18-19)24(29)21-14-9-16-26-23(21)30-20-12-6-5-7-13-20/h5-7,9,12-14,16,19H,2-4,8,10-11,15,17-18H2,1H3,(H,25,28). The second kappa shape index (κ2) is 11.3. The van der Waals surface area contributed by atoms with Gasteiger partial charge in [-0.2, -0.15) is 0 Å². The third kappa shape index (κ3) is 6.05. The molecule has 0 bridgehead atoms. The number of unbranched alkanes of at least 4 members (excludes halogenated alkanes) is 3. The quantitative estimate of drug-likeness (QED) is 0.622. The fourth-order valence-electron chi connectivity index (χ4n) is 3.69. The number of para-hydroxylation sites is 1. The van der Waals surface area contributed by atoms with Crippen molar-refractivity contribution >= 4 is 11.8 Å². The highest BCUT2D eigenvalue weighted by atomic mass is 16.5. The summed E-state index contributed by atoms with van der Waals surface area (Å²) < 4.78 is 5.84. The number of benzene rings is 1. The van der Waals surface area contributed by atoms with Crippen LogP contribution in [-0.4, -0.2) is 41.3 Å². The van der Waals surface area contributed by atoms with Gasteiger partial charge in [0.1, 0.15) is 11.3 Å². The van der Waals surface area contributed by atoms with Crippen LogP contribution >= 0.6 is 0 Å². The molecule has 1 fully saturated rings. The molecule has 2 aromatic rings. The van der Waals surface area contributed by atoms with Crippen molar-refractivity contribution in [1.29, 1.82) is 0 Å². The maximum Gasteiger partial charge on any atom is 0.259 e. The first-order valence-corrected chi connectivity index (χ1v) is 10.9. The summed E-state index contributed by atoms with van der Waals surface area (Å²) in [5.41, 5.74) is 0.418. The van der Waals surface area contributed by atoms with Crippen LogP contribution in [0, 0.1) is 5.92 Å². The van der Waals surface area contributed by atoms with E-state index in [1.165, 1.54) is 12.8 Å². The lowest BCUT2D eigenvalue weighted by molar-refractivity contribution is -0.126. The van der Waals surface area contributed by atoms with E-state index in [-0.39, 0.29) is 23.6 Å². The molecule has 1 aromatic carbocycles. The highest BCUT2D eigenvalue weighted by Gasteiger charge is 2.30. The number of nitrogens with one attached hydrogen (secondary N) is 1. The maximum atomic E-state index is 13.2. The number of nitrogens with zero attached hydrogens (tertiary/aromatic N) is 2. The molecule has 2 amide bonds. The van der Waals surface area contributed by atoms with Crippen LogP contribution in [0.15, 0.2) is 48.7 Å². The second-order valence-electron chi connectivity index (χ2n) is 7.71. The first-order chi connectivity index (χ1) is 14.7. The lowest BCUT2D eigenvalue weighted by atomic mass is 9.96. The van der Waals surface area contributed by atoms with E-state index in [0.29, 0.717) is 30.9 Å². The maximum absolute atomic E-state index is 13.2. The molecule has 0 aliphatic carbocycles. The highest BCUT2D eigenvalue weighted by Crippen LogP contribution is 2.26. The number of rotatable bonds is 9. The van der Waals surface area contributed by atoms with E-state index in [0.717, 1.165) is 25.7 Å². The van der Waals surface area contributed by atoms with Gasteiger partial charge in [0.15, 0.2) is 0 Å². The SMILES string of the molecule is CCCCCCNC(=O)C1CCCN(C(=O)c2cccnc2Oc2ccccc2)C1. The van der Waals surface area contributed by atoms with Crippen molar-refractivity contribution in [3.05, 3.63) is 54.2 Å². The number of hydrogen-bond acceptors (Lipinski definition) is 4. The van der Waals surface area contributed by atoms with Crippen molar-refractivity contribution in [1.82, 2.24) is 15.2 Å². The van der Waals surface area contributed by atoms with Gasteiger partial charge in [-0.1, -0.05) is 44.4 Å². The molecule has 30 heavy (non-hydrogen) atoms. The van der Waals surface area contributed by atoms with Gasteiger partial charge in [0.05, 0.1) is 5.92 Å². The number of aromatic nitrogens is 1. The number of carbonyl (C=O) groups excluding carboxylic acids is 2. The van der Waals surface area contributed by atoms with Crippen LogP contribution in [0.4, 0.5) is 0 Å². The topological polar surface area (TPSA) is 71.5 Å². The first kappa shape index (κ1) is 21.8. The predicted molar refractivity (Wildman–Crippen MR) is 117 cm³/mol. The van der Waals surface area contributed by atoms with Crippen molar-refractivity contribution in [3.63, 3.8) is 0 Å². The van der Waals surface area contributed by atoms with Crippen LogP contribution in [0.5, 0.6) is 11.6 Å². The number of hydrogen-bond donors (Lipinski definition) is 1. The van der Waals surface area contributed by atoms with Crippen molar-refractivity contribution in [2.24, 2.45) is 5.92 Å². The van der Waals surface area contributed by atoms with Crippen molar-refractivity contribution in [2.45, 2.75) is 45.4 Å². The Morgan fingerprint density at radius 2 is 1.97 bits per heavy atom. The van der Waals surface area contributed by atoms with Crippen LogP contribution in [0.2, 0.25) is 0 Å². The minimum atomic E-state index is -0.163. The molecule has 3 rings (SSSR count). The van der Waals surface area contributed by atoms with Gasteiger partial charge in [-0.05, 0) is 43.5 Å². The average molecular weight is 410 g/mol. The lowest BCUT2D eigenvalue weighted by Gasteiger charge is -2.32. The number of ether oxygens (including phenoxy) is 1. The summed E-state index contributed by atoms with van der Waals surface area (Å²) in [7, 11) is 0. The summed E-state index contributed by atoms with van der Waals surface area (Å²) in [4.78, 5) is 31.8. The Bertz CT molecular complexity index is 825. The molecule has 6 heteroatoms. The van der Waals surface area contributed by atoms with Gasteiger partial charge in [0.25, 0.3) is 5.91 Å². The Morgan fingerprint density at radius 3 is 2.77 bits per heavy atom. The molecule has 160 valence electrons. The van der Waals surface area contributed by atoms with Gasteiger partial charge in [-0.3, -0.25) is 9.59 Å². The van der Waals surface area contributed by atoms with Gasteiger partial charge in [-0.15, -0.1) is 0 Å². The zero-order valence-corrected chi connectivity index (χ0v) is 17.7. The highest BCUT2D eigenvalue weighted by molar-refractivity contribution is 5.96. The number of likely N-dealkylation sites (tertiary alicyclic amines) is 1. The largest absolute Gasteiger partial charge is 0.438 e. The zero-order valence-electron chi connectivity index (χ0n) is 17.7. The van der Waals surface area contributed by atoms with Crippen LogP contribution in [0.25, 0.3) is 0 Å². The van der Waals surface area contributed by atoms with Gasteiger partial charge in [-0.25, -0.2) is 4.98 Å². The van der Waals surface area contributed by atoms with Crippen LogP contribution in [0.3, 0.4) is 0 Å². The minimum absolute atomic E-state index is 0.0518. The molecule has 1 aliphatic heterocycles. The minimum Gasteiger partial charge on any atom is -0.438 e. The van der Waals surface area contributed by atoms with Crippen LogP contribution in [0.1, 0.15) is 55.8 Å². The van der Waals surface area contributed by atoms with Crippen molar-refractivity contribution < 1.29 is 14.3 Å². The fraction of sp³-hybridized carbons (Fsp3) is 0.458. The smallest absolute Gasteiger partial charge is 0.259 e. The molecular formula is C24H31N3O3. The Labute approximate surface area is 178 Å². The van der Waals surface area contributed by atoms with Crippen LogP contribution < -0.4 is 10.1 Å². The molecule has 0 radical (unpaired) electrons. The normalized spacial score (nSPS) is 16.2. The summed E-state index contributed by atoms with van der Waals surface area (Å²) in [6.45, 7) is 3.95. The summed E-state index contributed by atoms with van der Waals surface area (Å²) in [5.74, 6) is 0.662. The number of carbonyl (C=O) groups is 2. The molecule has 1 N–H and O–H groups in total. The molecular weight excluding hydrogens is 378 g/mol. The second-order valence-corrected chi connectivity index (χ2v) is 7.71. The average Bonchev–Trinajstić information content (AvgIpc) is 2.79. The summed E-state index contributed by atoms with van der Waals surface area (Å²) in [6.07, 6.45) is 7.75. The summed E-state index contributed by atoms with van der Waals surface area (Å²) >= 11 is 0. The number of amides is 2. The zero-order chi connectivity index (χ0) is 21.2. The third-order valence-electron chi connectivity index (χ3n) is 5.37. The molecule has 0 spiro atoms. The molecule has 1 unspecified atom stereocenters. The third-order valence-corrected chi connectivity index (χ3v) is 5.37. The van der Waals surface area contributed by atoms with Crippen LogP contribution in [-0.2, 0) is 4.79 Å². The first-order valence-electron chi connectivity index (χ1n) is 10.9. The predicted octanol–water partition coefficient (Wildman–Crippen LogP) is 4.42. The van der Waals surface area contributed by atoms with Gasteiger partial charge < -0.3 is 15.0 Å². The fourth-order valence-corrected chi connectivity index (χ4v) is 3.69. The van der Waals surface area contributed by atoms with E-state index in [1.807, 2.05) is 30.3 Å². The molecule has 2 heterocycles. The van der Waals surface area contributed by atoms with E-state index < -0.39 is 0 Å². The summed E-state index contributed by atoms with van der Waals surface area (Å²) in [6, 6.07) is 12.8. The van der Waals surface area contributed by atoms with E-state index >= 15 is 0 Å². The van der Waals surface area contributed by atoms with E-state index in [1.54, 1.807) is 23.2 Å². The van der Waals surface area contributed by atoms with Crippen molar-refractivity contribution in [3.8, 4) is 11.6 Å². The Morgan fingerprint density at radius 1 is 1.13 bits per heavy atom. The molecule has 6 nitrogen and oxygen atoms in total. The monoisotopic (exact) mass is 409 g/mol. The molecule has 1 aliphatic rings. The lowest BCUT2D eigenvalue weighted by Crippen LogP contribution is -2.45. The number of piperidine rings is 1. The summed E-state index contributed by atoms with van der Waals surface area (Å²) in [5, 5.41) is 3.04. The Hall–Kier alpha value is -2.89. The number of pyridine rings is 1. The van der Waals surface area contributed by atoms with E-state index in [9.17, 15) is 9.59 Å². The van der Waals surface area contributed by atoms with E-state index in [4.69, 9.17) is 4.74 Å². The van der Waals surface area contributed by atoms with Crippen molar-refractivity contribution in [2.75, 3.05) is 19.6 Å². The van der Waals surface area contributed by atoms with E-state index in [2.05, 4.69) is 17.2 Å². The molecule has 0 saturated carbocycles. The van der Waals surface area contributed by atoms with Gasteiger partial charge >= 0.3 is 0 Å². The molecule has 1 atom stereocenters. The van der Waals surface area contributed by atoms with Gasteiger partial charge in [0.2, 0.25) is 11.8 Å². The Balaban J connectivity index is 1.61. The van der Waals surface area contributed by atoms with Gasteiger partial charge in [0, 0.05) is 25.8 Å². The molecule has 1 saturated heterocycles.